The van der Waals surface area contributed by atoms with Crippen LogP contribution in [0.2, 0.25) is 0 Å². The molecule has 0 radical (unpaired) electrons. The molecule has 1 N–H and O–H groups in total. The Hall–Kier alpha value is -2.22. The zero-order valence-electron chi connectivity index (χ0n) is 12.4. The molecular weight excluding hydrogens is 306 g/mol. The number of nitrogens with one attached hydrogen (secondary N) is 1. The number of thiophene rings is 1. The minimum atomic E-state index is -0.463. The summed E-state index contributed by atoms with van der Waals surface area (Å²) >= 11 is 1.15. The molecular formula is C14H15N3O4S. The summed E-state index contributed by atoms with van der Waals surface area (Å²) in [4.78, 5) is 37.5. The number of hydrogen-bond acceptors (Lipinski definition) is 7. The van der Waals surface area contributed by atoms with Crippen LogP contribution in [0.4, 0.5) is 0 Å². The molecule has 116 valence electrons. The van der Waals surface area contributed by atoms with Crippen molar-refractivity contribution in [2.45, 2.75) is 32.8 Å². The molecule has 1 aliphatic heterocycles. The van der Waals surface area contributed by atoms with Gasteiger partial charge in [-0.3, -0.25) is 4.79 Å². The van der Waals surface area contributed by atoms with Gasteiger partial charge in [-0.05, 0) is 18.9 Å². The second-order valence-corrected chi connectivity index (χ2v) is 5.99. The number of nitrogens with zero attached hydrogens (tertiary/aromatic N) is 2. The predicted molar refractivity (Wildman–Crippen MR) is 82.5 cm³/mol. The monoisotopic (exact) mass is 321 g/mol. The summed E-state index contributed by atoms with van der Waals surface area (Å²) in [6.45, 7) is 3.71. The molecule has 0 saturated heterocycles. The number of aromatic amines is 1. The fourth-order valence-corrected chi connectivity index (χ4v) is 3.49. The number of H-pyrrole nitrogens is 1. The number of methoxy groups -OCH3 is 1. The summed E-state index contributed by atoms with van der Waals surface area (Å²) in [6.07, 6.45) is 1.03. The second-order valence-electron chi connectivity index (χ2n) is 4.99. The van der Waals surface area contributed by atoms with Gasteiger partial charge in [-0.25, -0.2) is 9.78 Å². The van der Waals surface area contributed by atoms with Crippen LogP contribution in [0, 0.1) is 6.92 Å². The maximum atomic E-state index is 12.3. The first-order chi connectivity index (χ1) is 10.5. The van der Waals surface area contributed by atoms with Crippen molar-refractivity contribution >= 4 is 33.2 Å². The van der Waals surface area contributed by atoms with Gasteiger partial charge in [0.15, 0.2) is 11.9 Å². The van der Waals surface area contributed by atoms with Crippen LogP contribution >= 0.6 is 11.3 Å². The lowest BCUT2D eigenvalue weighted by molar-refractivity contribution is 0.0605. The highest BCUT2D eigenvalue weighted by molar-refractivity contribution is 7.20. The summed E-state index contributed by atoms with van der Waals surface area (Å²) in [7, 11) is 1.31. The quantitative estimate of drug-likeness (QED) is 0.876. The van der Waals surface area contributed by atoms with Crippen LogP contribution < -0.4 is 5.56 Å². The molecule has 0 fully saturated rings. The molecule has 0 spiro atoms. The van der Waals surface area contributed by atoms with Gasteiger partial charge in [0.05, 0.1) is 18.2 Å². The number of carbonyl (C=O) groups excluding carboxylic acids is 1. The Bertz CT molecular complexity index is 836. The van der Waals surface area contributed by atoms with Crippen molar-refractivity contribution in [3.8, 4) is 0 Å². The van der Waals surface area contributed by atoms with Crippen LogP contribution in [0.3, 0.4) is 0 Å². The third-order valence-corrected chi connectivity index (χ3v) is 4.80. The molecule has 1 aliphatic rings. The van der Waals surface area contributed by atoms with Gasteiger partial charge < -0.3 is 14.6 Å². The molecule has 3 rings (SSSR count). The van der Waals surface area contributed by atoms with Crippen LogP contribution in [-0.2, 0) is 9.57 Å². The van der Waals surface area contributed by atoms with Gasteiger partial charge in [-0.1, -0.05) is 12.1 Å². The maximum Gasteiger partial charge on any atom is 0.348 e. The Balaban J connectivity index is 2.06. The second kappa shape index (κ2) is 5.53. The predicted octanol–water partition coefficient (Wildman–Crippen LogP) is 2.31. The van der Waals surface area contributed by atoms with E-state index in [1.165, 1.54) is 7.11 Å². The van der Waals surface area contributed by atoms with Gasteiger partial charge in [-0.2, -0.15) is 0 Å². The average Bonchev–Trinajstić information content (AvgIpc) is 3.11. The van der Waals surface area contributed by atoms with Crippen molar-refractivity contribution in [1.29, 1.82) is 0 Å². The molecule has 0 unspecified atom stereocenters. The Morgan fingerprint density at radius 2 is 2.32 bits per heavy atom. The van der Waals surface area contributed by atoms with Crippen LogP contribution in [-0.4, -0.2) is 28.8 Å². The SMILES string of the molecule is CCC1=NO[C@H](c2nc3sc(C(=O)OC)c(C)c3c(=O)[nH]2)C1. The van der Waals surface area contributed by atoms with Crippen molar-refractivity contribution < 1.29 is 14.4 Å². The Morgan fingerprint density at radius 3 is 2.95 bits per heavy atom. The number of rotatable bonds is 3. The first-order valence-electron chi connectivity index (χ1n) is 6.88. The Labute approximate surface area is 130 Å². The highest BCUT2D eigenvalue weighted by Crippen LogP contribution is 2.30. The zero-order chi connectivity index (χ0) is 15.9. The molecule has 3 heterocycles. The van der Waals surface area contributed by atoms with E-state index >= 15 is 0 Å². The van der Waals surface area contributed by atoms with Gasteiger partial charge in [0, 0.05) is 6.42 Å². The van der Waals surface area contributed by atoms with Crippen LogP contribution in [0.1, 0.15) is 46.9 Å². The van der Waals surface area contributed by atoms with E-state index < -0.39 is 5.97 Å². The molecule has 0 bridgehead atoms. The minimum Gasteiger partial charge on any atom is -0.465 e. The molecule has 2 aromatic heterocycles. The van der Waals surface area contributed by atoms with Gasteiger partial charge in [-0.15, -0.1) is 11.3 Å². The van der Waals surface area contributed by atoms with Gasteiger partial charge >= 0.3 is 5.97 Å². The largest absolute Gasteiger partial charge is 0.465 e. The lowest BCUT2D eigenvalue weighted by Crippen LogP contribution is -2.15. The number of hydrogen-bond donors (Lipinski definition) is 1. The summed E-state index contributed by atoms with van der Waals surface area (Å²) in [5, 5.41) is 4.39. The topological polar surface area (TPSA) is 93.6 Å². The molecule has 0 amide bonds. The third kappa shape index (κ3) is 2.29. The highest BCUT2D eigenvalue weighted by atomic mass is 32.1. The third-order valence-electron chi connectivity index (χ3n) is 3.63. The zero-order valence-corrected chi connectivity index (χ0v) is 13.2. The summed E-state index contributed by atoms with van der Waals surface area (Å²) in [5.41, 5.74) is 1.24. The number of esters is 1. The van der Waals surface area contributed by atoms with E-state index in [0.717, 1.165) is 23.5 Å². The highest BCUT2D eigenvalue weighted by Gasteiger charge is 2.26. The smallest absolute Gasteiger partial charge is 0.348 e. The maximum absolute atomic E-state index is 12.3. The van der Waals surface area contributed by atoms with Crippen molar-refractivity contribution in [3.05, 3.63) is 26.6 Å². The molecule has 22 heavy (non-hydrogen) atoms. The molecule has 0 aliphatic carbocycles. The molecule has 7 nitrogen and oxygen atoms in total. The van der Waals surface area contributed by atoms with E-state index in [-0.39, 0.29) is 11.7 Å². The van der Waals surface area contributed by atoms with Gasteiger partial charge in [0.25, 0.3) is 5.56 Å². The standard InChI is InChI=1S/C14H15N3O4S/c1-4-7-5-8(21-17-7)11-15-12(18)9-6(2)10(14(19)20-3)22-13(9)16-11/h8H,4-5H2,1-3H3,(H,15,16,18)/t8-/m0/s1. The van der Waals surface area contributed by atoms with Crippen LogP contribution in [0.15, 0.2) is 9.95 Å². The number of aromatic nitrogens is 2. The van der Waals surface area contributed by atoms with Gasteiger partial charge in [0.2, 0.25) is 0 Å². The number of fused-ring (bicyclic) bond motifs is 1. The lowest BCUT2D eigenvalue weighted by Gasteiger charge is -2.06. The van der Waals surface area contributed by atoms with Crippen molar-refractivity contribution in [2.75, 3.05) is 7.11 Å². The fraction of sp³-hybridized carbons (Fsp3) is 0.429. The first-order valence-corrected chi connectivity index (χ1v) is 7.70. The Kier molecular flexibility index (Phi) is 3.69. The van der Waals surface area contributed by atoms with E-state index in [2.05, 4.69) is 15.1 Å². The number of oxime groups is 1. The first kappa shape index (κ1) is 14.7. The van der Waals surface area contributed by atoms with E-state index in [1.807, 2.05) is 6.92 Å². The molecule has 8 heteroatoms. The average molecular weight is 321 g/mol. The lowest BCUT2D eigenvalue weighted by atomic mass is 10.1. The number of ether oxygens (including phenoxy) is 1. The molecule has 0 aromatic carbocycles. The number of carbonyl (C=O) groups is 1. The van der Waals surface area contributed by atoms with Crippen molar-refractivity contribution in [2.24, 2.45) is 5.16 Å². The molecule has 1 atom stereocenters. The van der Waals surface area contributed by atoms with Crippen molar-refractivity contribution in [3.63, 3.8) is 0 Å². The van der Waals surface area contributed by atoms with Crippen molar-refractivity contribution in [1.82, 2.24) is 9.97 Å². The summed E-state index contributed by atoms with van der Waals surface area (Å²) in [5.74, 6) is -0.0301. The van der Waals surface area contributed by atoms with E-state index in [9.17, 15) is 9.59 Å². The number of aryl methyl sites for hydroxylation is 1. The van der Waals surface area contributed by atoms with Crippen LogP contribution in [0.5, 0.6) is 0 Å². The molecule has 2 aromatic rings. The van der Waals surface area contributed by atoms with E-state index in [4.69, 9.17) is 9.57 Å². The Morgan fingerprint density at radius 1 is 1.55 bits per heavy atom. The normalized spacial score (nSPS) is 17.4. The van der Waals surface area contributed by atoms with E-state index in [1.54, 1.807) is 6.92 Å². The van der Waals surface area contributed by atoms with Gasteiger partial charge in [0.1, 0.15) is 9.71 Å². The van der Waals surface area contributed by atoms with E-state index in [0.29, 0.717) is 32.9 Å². The summed E-state index contributed by atoms with van der Waals surface area (Å²) in [6, 6.07) is 0. The summed E-state index contributed by atoms with van der Waals surface area (Å²) < 4.78 is 4.73. The molecule has 0 saturated carbocycles. The minimum absolute atomic E-state index is 0.280. The van der Waals surface area contributed by atoms with Crippen LogP contribution in [0.25, 0.3) is 10.2 Å². The fourth-order valence-electron chi connectivity index (χ4n) is 2.38.